The van der Waals surface area contributed by atoms with Crippen LogP contribution in [0.4, 0.5) is 5.69 Å². The number of ether oxygens (including phenoxy) is 5. The third kappa shape index (κ3) is 5.95. The average Bonchev–Trinajstić information content (AvgIpc) is 3.32. The number of anilines is 1. The Morgan fingerprint density at radius 3 is 2.41 bits per heavy atom. The molecule has 1 unspecified atom stereocenters. The smallest absolute Gasteiger partial charge is 0.203 e. The topological polar surface area (TPSA) is 61.4 Å². The van der Waals surface area contributed by atoms with E-state index in [4.69, 9.17) is 35.9 Å². The lowest BCUT2D eigenvalue weighted by Gasteiger charge is -2.29. The number of para-hydroxylation sites is 2. The highest BCUT2D eigenvalue weighted by Gasteiger charge is 2.23. The molecular formula is C24H32N2O5S. The van der Waals surface area contributed by atoms with Gasteiger partial charge in [-0.15, -0.1) is 0 Å². The van der Waals surface area contributed by atoms with Crippen molar-refractivity contribution in [1.82, 2.24) is 4.90 Å². The molecule has 2 aromatic carbocycles. The third-order valence-corrected chi connectivity index (χ3v) is 5.62. The summed E-state index contributed by atoms with van der Waals surface area (Å²) < 4.78 is 28.1. The second kappa shape index (κ2) is 11.8. The highest BCUT2D eigenvalue weighted by Crippen LogP contribution is 2.38. The Balaban J connectivity index is 1.85. The van der Waals surface area contributed by atoms with Crippen LogP contribution in [0.5, 0.6) is 23.0 Å². The second-order valence-electron chi connectivity index (χ2n) is 7.41. The van der Waals surface area contributed by atoms with Crippen LogP contribution in [0.1, 0.15) is 25.3 Å². The first-order valence-electron chi connectivity index (χ1n) is 10.8. The van der Waals surface area contributed by atoms with Gasteiger partial charge in [0.1, 0.15) is 5.75 Å². The first-order valence-corrected chi connectivity index (χ1v) is 11.2. The summed E-state index contributed by atoms with van der Waals surface area (Å²) in [5, 5.41) is 3.96. The molecular weight excluding hydrogens is 428 g/mol. The molecule has 0 radical (unpaired) electrons. The van der Waals surface area contributed by atoms with Crippen molar-refractivity contribution in [3.63, 3.8) is 0 Å². The molecule has 1 saturated heterocycles. The van der Waals surface area contributed by atoms with Gasteiger partial charge in [0.2, 0.25) is 5.75 Å². The number of hydrogen-bond donors (Lipinski definition) is 1. The summed E-state index contributed by atoms with van der Waals surface area (Å²) in [6.07, 6.45) is 2.22. The van der Waals surface area contributed by atoms with E-state index in [2.05, 4.69) is 10.2 Å². The minimum absolute atomic E-state index is 0.138. The van der Waals surface area contributed by atoms with Crippen molar-refractivity contribution in [3.8, 4) is 23.0 Å². The zero-order valence-corrected chi connectivity index (χ0v) is 20.0. The van der Waals surface area contributed by atoms with Gasteiger partial charge in [0.05, 0.1) is 39.7 Å². The molecule has 1 fully saturated rings. The van der Waals surface area contributed by atoms with Gasteiger partial charge in [-0.3, -0.25) is 0 Å². The van der Waals surface area contributed by atoms with E-state index >= 15 is 0 Å². The zero-order valence-electron chi connectivity index (χ0n) is 19.2. The number of nitrogens with one attached hydrogen (secondary N) is 1. The van der Waals surface area contributed by atoms with Crippen molar-refractivity contribution in [2.75, 3.05) is 46.4 Å². The van der Waals surface area contributed by atoms with Gasteiger partial charge < -0.3 is 33.9 Å². The normalized spacial score (nSPS) is 15.2. The largest absolute Gasteiger partial charge is 0.493 e. The van der Waals surface area contributed by atoms with E-state index in [9.17, 15) is 0 Å². The summed E-state index contributed by atoms with van der Waals surface area (Å²) in [4.78, 5) is 2.11. The Labute approximate surface area is 195 Å². The number of hydrogen-bond acceptors (Lipinski definition) is 6. The van der Waals surface area contributed by atoms with Gasteiger partial charge in [0, 0.05) is 19.7 Å². The van der Waals surface area contributed by atoms with Crippen LogP contribution in [0, 0.1) is 0 Å². The predicted octanol–water partition coefficient (Wildman–Crippen LogP) is 4.49. The Bertz CT molecular complexity index is 877. The molecule has 0 saturated carbocycles. The second-order valence-corrected chi connectivity index (χ2v) is 7.80. The fourth-order valence-corrected chi connectivity index (χ4v) is 4.00. The molecule has 0 amide bonds. The lowest BCUT2D eigenvalue weighted by Crippen LogP contribution is -2.39. The molecule has 32 heavy (non-hydrogen) atoms. The molecule has 3 rings (SSSR count). The molecule has 0 spiro atoms. The van der Waals surface area contributed by atoms with Gasteiger partial charge in [-0.25, -0.2) is 0 Å². The van der Waals surface area contributed by atoms with Crippen LogP contribution in [-0.4, -0.2) is 57.2 Å². The van der Waals surface area contributed by atoms with Crippen LogP contribution >= 0.6 is 12.2 Å². The maximum Gasteiger partial charge on any atom is 0.203 e. The summed E-state index contributed by atoms with van der Waals surface area (Å²) in [6.45, 7) is 4.56. The summed E-state index contributed by atoms with van der Waals surface area (Å²) in [5.41, 5.74) is 1.82. The Hall–Kier alpha value is -2.71. The van der Waals surface area contributed by atoms with E-state index in [1.54, 1.807) is 21.3 Å². The van der Waals surface area contributed by atoms with Crippen LogP contribution in [0.2, 0.25) is 0 Å². The van der Waals surface area contributed by atoms with Crippen molar-refractivity contribution < 1.29 is 23.7 Å². The van der Waals surface area contributed by atoms with Crippen LogP contribution in [-0.2, 0) is 11.3 Å². The molecule has 2 aromatic rings. The standard InChI is InChI=1S/C24H32N2O5S/c1-5-30-20-11-7-6-10-19(20)25-24(32)26(16-18-9-8-12-31-18)15-17-13-21(27-2)23(29-4)22(14-17)28-3/h6-7,10-11,13-14,18H,5,8-9,12,15-16H2,1-4H3,(H,25,32). The fourth-order valence-electron chi connectivity index (χ4n) is 3.75. The van der Waals surface area contributed by atoms with Crippen LogP contribution in [0.15, 0.2) is 36.4 Å². The van der Waals surface area contributed by atoms with Crippen molar-refractivity contribution >= 4 is 23.0 Å². The highest BCUT2D eigenvalue weighted by atomic mass is 32.1. The van der Waals surface area contributed by atoms with E-state index in [1.807, 2.05) is 43.3 Å². The molecule has 174 valence electrons. The number of rotatable bonds is 10. The number of benzene rings is 2. The lowest BCUT2D eigenvalue weighted by atomic mass is 10.1. The lowest BCUT2D eigenvalue weighted by molar-refractivity contribution is 0.0905. The van der Waals surface area contributed by atoms with Gasteiger partial charge in [-0.05, 0) is 61.8 Å². The fraction of sp³-hybridized carbons (Fsp3) is 0.458. The van der Waals surface area contributed by atoms with Gasteiger partial charge in [0.15, 0.2) is 16.6 Å². The van der Waals surface area contributed by atoms with Crippen molar-refractivity contribution in [2.24, 2.45) is 0 Å². The minimum atomic E-state index is 0.138. The number of methoxy groups -OCH3 is 3. The molecule has 0 aromatic heterocycles. The SMILES string of the molecule is CCOc1ccccc1NC(=S)N(Cc1cc(OC)c(OC)c(OC)c1)CC1CCCO1. The zero-order chi connectivity index (χ0) is 22.9. The van der Waals surface area contributed by atoms with Gasteiger partial charge in [-0.1, -0.05) is 12.1 Å². The Morgan fingerprint density at radius 2 is 1.81 bits per heavy atom. The Morgan fingerprint density at radius 1 is 1.09 bits per heavy atom. The quantitative estimate of drug-likeness (QED) is 0.521. The molecule has 0 bridgehead atoms. The maximum atomic E-state index is 5.89. The highest BCUT2D eigenvalue weighted by molar-refractivity contribution is 7.80. The molecule has 1 aliphatic heterocycles. The van der Waals surface area contributed by atoms with Crippen LogP contribution in [0.3, 0.4) is 0 Å². The van der Waals surface area contributed by atoms with Crippen LogP contribution < -0.4 is 24.3 Å². The van der Waals surface area contributed by atoms with E-state index in [1.165, 1.54) is 0 Å². The molecule has 8 heteroatoms. The number of nitrogens with zero attached hydrogens (tertiary/aromatic N) is 1. The monoisotopic (exact) mass is 460 g/mol. The molecule has 1 N–H and O–H groups in total. The summed E-state index contributed by atoms with van der Waals surface area (Å²) in [6, 6.07) is 11.7. The molecule has 1 atom stereocenters. The van der Waals surface area contributed by atoms with E-state index in [0.717, 1.165) is 36.4 Å². The first kappa shape index (κ1) is 23.9. The van der Waals surface area contributed by atoms with E-state index in [0.29, 0.717) is 42.1 Å². The van der Waals surface area contributed by atoms with Crippen molar-refractivity contribution in [2.45, 2.75) is 32.4 Å². The van der Waals surface area contributed by atoms with Gasteiger partial charge in [-0.2, -0.15) is 0 Å². The molecule has 1 heterocycles. The van der Waals surface area contributed by atoms with E-state index < -0.39 is 0 Å². The van der Waals surface area contributed by atoms with Gasteiger partial charge >= 0.3 is 0 Å². The third-order valence-electron chi connectivity index (χ3n) is 5.26. The number of thiocarbonyl (C=S) groups is 1. The van der Waals surface area contributed by atoms with E-state index in [-0.39, 0.29) is 6.10 Å². The average molecular weight is 461 g/mol. The van der Waals surface area contributed by atoms with Crippen LogP contribution in [0.25, 0.3) is 0 Å². The molecule has 0 aliphatic carbocycles. The van der Waals surface area contributed by atoms with Gasteiger partial charge in [0.25, 0.3) is 0 Å². The summed E-state index contributed by atoms with van der Waals surface area (Å²) in [5.74, 6) is 2.55. The Kier molecular flexibility index (Phi) is 8.81. The van der Waals surface area contributed by atoms with Crippen molar-refractivity contribution in [3.05, 3.63) is 42.0 Å². The summed E-state index contributed by atoms with van der Waals surface area (Å²) in [7, 11) is 4.82. The molecule has 7 nitrogen and oxygen atoms in total. The summed E-state index contributed by atoms with van der Waals surface area (Å²) >= 11 is 5.82. The minimum Gasteiger partial charge on any atom is -0.493 e. The van der Waals surface area contributed by atoms with Crippen molar-refractivity contribution in [1.29, 1.82) is 0 Å². The maximum absolute atomic E-state index is 5.89. The first-order chi connectivity index (χ1) is 15.6. The molecule has 1 aliphatic rings. The predicted molar refractivity (Wildman–Crippen MR) is 129 cm³/mol.